The van der Waals surface area contributed by atoms with E-state index in [0.717, 1.165) is 19.4 Å². The molecular formula is C17H32N4O3S. The minimum Gasteiger partial charge on any atom is -0.335 e. The van der Waals surface area contributed by atoms with Gasteiger partial charge in [-0.3, -0.25) is 4.90 Å². The highest BCUT2D eigenvalue weighted by Gasteiger charge is 2.45. The second-order valence-electron chi connectivity index (χ2n) is 8.45. The summed E-state index contributed by atoms with van der Waals surface area (Å²) in [6.07, 6.45) is 7.07. The van der Waals surface area contributed by atoms with Crippen LogP contribution in [0.1, 0.15) is 46.0 Å². The van der Waals surface area contributed by atoms with Gasteiger partial charge in [-0.1, -0.05) is 19.3 Å². The smallest absolute Gasteiger partial charge is 0.317 e. The zero-order valence-electron chi connectivity index (χ0n) is 15.7. The van der Waals surface area contributed by atoms with Crippen LogP contribution in [0.25, 0.3) is 0 Å². The van der Waals surface area contributed by atoms with E-state index in [2.05, 4.69) is 24.1 Å². The third kappa shape index (κ3) is 4.28. The van der Waals surface area contributed by atoms with Crippen LogP contribution < -0.4 is 5.32 Å². The molecule has 0 spiro atoms. The highest BCUT2D eigenvalue weighted by Crippen LogP contribution is 2.29. The molecule has 0 aromatic heterocycles. The summed E-state index contributed by atoms with van der Waals surface area (Å²) in [5, 5.41) is 3.18. The quantitative estimate of drug-likeness (QED) is 0.787. The van der Waals surface area contributed by atoms with Crippen molar-refractivity contribution in [2.75, 3.05) is 39.0 Å². The highest BCUT2D eigenvalue weighted by molar-refractivity contribution is 7.88. The standard InChI is InChI=1S/C17H32N4O3S/c1-17(2)13-20(25(3,23)24)12-15-11-19(9-10-21(15)17)16(22)18-14-7-5-4-6-8-14/h14-15H,4-13H2,1-3H3,(H,18,22)/t15-/m0/s1. The van der Waals surface area contributed by atoms with E-state index in [9.17, 15) is 13.2 Å². The fourth-order valence-corrected chi connectivity index (χ4v) is 5.57. The monoisotopic (exact) mass is 372 g/mol. The summed E-state index contributed by atoms with van der Waals surface area (Å²) in [6.45, 7) is 7.26. The normalized spacial score (nSPS) is 29.2. The van der Waals surface area contributed by atoms with Crippen LogP contribution in [0.5, 0.6) is 0 Å². The Hall–Kier alpha value is -0.860. The molecule has 0 bridgehead atoms. The number of fused-ring (bicyclic) bond motifs is 1. The summed E-state index contributed by atoms with van der Waals surface area (Å²) >= 11 is 0. The summed E-state index contributed by atoms with van der Waals surface area (Å²) < 4.78 is 25.6. The van der Waals surface area contributed by atoms with Crippen molar-refractivity contribution in [2.45, 2.75) is 63.6 Å². The number of rotatable bonds is 2. The molecule has 1 saturated carbocycles. The van der Waals surface area contributed by atoms with Crippen molar-refractivity contribution < 1.29 is 13.2 Å². The number of nitrogens with zero attached hydrogens (tertiary/aromatic N) is 3. The van der Waals surface area contributed by atoms with Crippen molar-refractivity contribution in [3.8, 4) is 0 Å². The van der Waals surface area contributed by atoms with Crippen LogP contribution in [0.15, 0.2) is 0 Å². The van der Waals surface area contributed by atoms with Gasteiger partial charge in [0.1, 0.15) is 0 Å². The Labute approximate surface area is 151 Å². The van der Waals surface area contributed by atoms with Gasteiger partial charge >= 0.3 is 6.03 Å². The molecule has 0 aromatic rings. The van der Waals surface area contributed by atoms with E-state index in [4.69, 9.17) is 0 Å². The lowest BCUT2D eigenvalue weighted by Gasteiger charge is -2.54. The molecule has 2 heterocycles. The van der Waals surface area contributed by atoms with Crippen molar-refractivity contribution in [1.82, 2.24) is 19.4 Å². The van der Waals surface area contributed by atoms with Gasteiger partial charge in [0.25, 0.3) is 0 Å². The van der Waals surface area contributed by atoms with Gasteiger partial charge in [-0.2, -0.15) is 4.31 Å². The largest absolute Gasteiger partial charge is 0.335 e. The molecular weight excluding hydrogens is 340 g/mol. The molecule has 2 amide bonds. The van der Waals surface area contributed by atoms with Crippen molar-refractivity contribution in [2.24, 2.45) is 0 Å². The number of piperazine rings is 2. The fourth-order valence-electron chi connectivity index (χ4n) is 4.58. The summed E-state index contributed by atoms with van der Waals surface area (Å²) in [5.74, 6) is 0. The van der Waals surface area contributed by atoms with E-state index in [-0.39, 0.29) is 17.6 Å². The number of hydrogen-bond acceptors (Lipinski definition) is 4. The number of carbonyl (C=O) groups excluding carboxylic acids is 1. The van der Waals surface area contributed by atoms with Gasteiger partial charge in [-0.15, -0.1) is 0 Å². The van der Waals surface area contributed by atoms with E-state index >= 15 is 0 Å². The Morgan fingerprint density at radius 3 is 2.40 bits per heavy atom. The van der Waals surface area contributed by atoms with Crippen LogP contribution in [0, 0.1) is 0 Å². The van der Waals surface area contributed by atoms with Gasteiger partial charge in [0.2, 0.25) is 10.0 Å². The second kappa shape index (κ2) is 7.04. The minimum absolute atomic E-state index is 0.0147. The Morgan fingerprint density at radius 1 is 1.08 bits per heavy atom. The lowest BCUT2D eigenvalue weighted by atomic mass is 9.94. The number of nitrogens with one attached hydrogen (secondary N) is 1. The third-order valence-electron chi connectivity index (χ3n) is 5.93. The van der Waals surface area contributed by atoms with Crippen LogP contribution in [0.3, 0.4) is 0 Å². The number of hydrogen-bond donors (Lipinski definition) is 1. The molecule has 2 saturated heterocycles. The van der Waals surface area contributed by atoms with E-state index < -0.39 is 10.0 Å². The molecule has 0 unspecified atom stereocenters. The Bertz CT molecular complexity index is 601. The summed E-state index contributed by atoms with van der Waals surface area (Å²) in [6, 6.07) is 0.375. The maximum atomic E-state index is 12.6. The van der Waals surface area contributed by atoms with Crippen molar-refractivity contribution in [1.29, 1.82) is 0 Å². The predicted molar refractivity (Wildman–Crippen MR) is 98.0 cm³/mol. The van der Waals surface area contributed by atoms with Crippen LogP contribution in [0.2, 0.25) is 0 Å². The SMILES string of the molecule is CC1(C)CN(S(C)(=O)=O)C[C@@H]2CN(C(=O)NC3CCCCC3)CCN21. The lowest BCUT2D eigenvalue weighted by molar-refractivity contribution is -0.0337. The zero-order valence-corrected chi connectivity index (χ0v) is 16.5. The average molecular weight is 373 g/mol. The Kier molecular flexibility index (Phi) is 5.33. The first kappa shape index (κ1) is 18.9. The molecule has 0 radical (unpaired) electrons. The molecule has 3 rings (SSSR count). The van der Waals surface area contributed by atoms with E-state index in [1.54, 1.807) is 4.31 Å². The topological polar surface area (TPSA) is 73.0 Å². The van der Waals surface area contributed by atoms with E-state index in [1.807, 2.05) is 4.90 Å². The molecule has 1 aliphatic carbocycles. The number of sulfonamides is 1. The molecule has 1 atom stereocenters. The van der Waals surface area contributed by atoms with E-state index in [0.29, 0.717) is 32.2 Å². The van der Waals surface area contributed by atoms with Crippen molar-refractivity contribution in [3.63, 3.8) is 0 Å². The predicted octanol–water partition coefficient (Wildman–Crippen LogP) is 1.07. The van der Waals surface area contributed by atoms with E-state index in [1.165, 1.54) is 25.5 Å². The summed E-state index contributed by atoms with van der Waals surface area (Å²) in [4.78, 5) is 16.9. The number of urea groups is 1. The summed E-state index contributed by atoms with van der Waals surface area (Å²) in [7, 11) is -3.22. The molecule has 8 heteroatoms. The Morgan fingerprint density at radius 2 is 1.76 bits per heavy atom. The van der Waals surface area contributed by atoms with Gasteiger partial charge in [0.05, 0.1) is 6.26 Å². The molecule has 1 N–H and O–H groups in total. The molecule has 3 aliphatic rings. The molecule has 7 nitrogen and oxygen atoms in total. The maximum absolute atomic E-state index is 12.6. The van der Waals surface area contributed by atoms with Crippen LogP contribution >= 0.6 is 0 Å². The van der Waals surface area contributed by atoms with Crippen molar-refractivity contribution in [3.05, 3.63) is 0 Å². The minimum atomic E-state index is -3.22. The maximum Gasteiger partial charge on any atom is 0.317 e. The van der Waals surface area contributed by atoms with Gasteiger partial charge < -0.3 is 10.2 Å². The first-order valence-electron chi connectivity index (χ1n) is 9.44. The van der Waals surface area contributed by atoms with Gasteiger partial charge in [-0.05, 0) is 26.7 Å². The fraction of sp³-hybridized carbons (Fsp3) is 0.941. The molecule has 144 valence electrons. The van der Waals surface area contributed by atoms with Crippen LogP contribution in [0.4, 0.5) is 4.79 Å². The zero-order chi connectivity index (χ0) is 18.2. The number of carbonyl (C=O) groups is 1. The number of amides is 2. The van der Waals surface area contributed by atoms with Gasteiger partial charge in [0, 0.05) is 50.3 Å². The molecule has 2 aliphatic heterocycles. The first-order valence-corrected chi connectivity index (χ1v) is 11.3. The third-order valence-corrected chi connectivity index (χ3v) is 7.14. The highest BCUT2D eigenvalue weighted by atomic mass is 32.2. The molecule has 3 fully saturated rings. The van der Waals surface area contributed by atoms with Crippen LogP contribution in [-0.2, 0) is 10.0 Å². The summed E-state index contributed by atoms with van der Waals surface area (Å²) in [5.41, 5.74) is -0.210. The molecule has 0 aromatic carbocycles. The molecule has 25 heavy (non-hydrogen) atoms. The average Bonchev–Trinajstić information content (AvgIpc) is 2.53. The van der Waals surface area contributed by atoms with Crippen molar-refractivity contribution >= 4 is 16.1 Å². The van der Waals surface area contributed by atoms with Crippen LogP contribution in [-0.4, -0.2) is 85.2 Å². The van der Waals surface area contributed by atoms with Gasteiger partial charge in [0.15, 0.2) is 0 Å². The first-order chi connectivity index (χ1) is 11.7. The lowest BCUT2D eigenvalue weighted by Crippen LogP contribution is -2.71. The Balaban J connectivity index is 1.65. The van der Waals surface area contributed by atoms with Gasteiger partial charge in [-0.25, -0.2) is 13.2 Å². The second-order valence-corrected chi connectivity index (χ2v) is 10.4.